The maximum Gasteiger partial charge on any atom is 0.204 e. The summed E-state index contributed by atoms with van der Waals surface area (Å²) >= 11 is 1.54. The average molecular weight is 283 g/mol. The average Bonchev–Trinajstić information content (AvgIpc) is 2.85. The standard InChI is InChI=1S/C15H13N3OS/c1-10-6-7-13(19)11(8-10)9-16-18-15-17-12-4-2-3-5-14(12)20-15/h2-9,19H,1H3,(H,17,18)/b16-9-. The van der Waals surface area contributed by atoms with Gasteiger partial charge >= 0.3 is 0 Å². The number of hydrazone groups is 1. The van der Waals surface area contributed by atoms with E-state index >= 15 is 0 Å². The predicted molar refractivity (Wildman–Crippen MR) is 83.7 cm³/mol. The molecule has 0 amide bonds. The van der Waals surface area contributed by atoms with E-state index < -0.39 is 0 Å². The first kappa shape index (κ1) is 12.6. The monoisotopic (exact) mass is 283 g/mol. The third kappa shape index (κ3) is 2.62. The summed E-state index contributed by atoms with van der Waals surface area (Å²) < 4.78 is 1.11. The van der Waals surface area contributed by atoms with Crippen LogP contribution in [0.1, 0.15) is 11.1 Å². The number of nitrogens with zero attached hydrogens (tertiary/aromatic N) is 2. The van der Waals surface area contributed by atoms with Crippen LogP contribution in [0.25, 0.3) is 10.2 Å². The van der Waals surface area contributed by atoms with E-state index in [1.54, 1.807) is 23.6 Å². The van der Waals surface area contributed by atoms with E-state index in [0.29, 0.717) is 5.56 Å². The first-order chi connectivity index (χ1) is 9.72. The van der Waals surface area contributed by atoms with Crippen molar-refractivity contribution in [1.29, 1.82) is 0 Å². The maximum atomic E-state index is 9.71. The highest BCUT2D eigenvalue weighted by Gasteiger charge is 2.01. The molecule has 0 unspecified atom stereocenters. The van der Waals surface area contributed by atoms with E-state index in [9.17, 15) is 5.11 Å². The van der Waals surface area contributed by atoms with E-state index in [-0.39, 0.29) is 5.75 Å². The number of aromatic nitrogens is 1. The van der Waals surface area contributed by atoms with Crippen LogP contribution in [-0.4, -0.2) is 16.3 Å². The van der Waals surface area contributed by atoms with Crippen molar-refractivity contribution in [3.05, 3.63) is 53.6 Å². The molecular formula is C15H13N3OS. The molecular weight excluding hydrogens is 270 g/mol. The summed E-state index contributed by atoms with van der Waals surface area (Å²) in [7, 11) is 0. The molecule has 0 spiro atoms. The Hall–Kier alpha value is -2.40. The SMILES string of the molecule is Cc1ccc(O)c(/C=N\Nc2nc3ccccc3s2)c1. The Bertz CT molecular complexity index is 747. The molecule has 0 aliphatic carbocycles. The van der Waals surface area contributed by atoms with Crippen molar-refractivity contribution in [3.63, 3.8) is 0 Å². The zero-order valence-electron chi connectivity index (χ0n) is 10.9. The van der Waals surface area contributed by atoms with Gasteiger partial charge in [-0.05, 0) is 31.2 Å². The van der Waals surface area contributed by atoms with Crippen LogP contribution in [0.2, 0.25) is 0 Å². The Morgan fingerprint density at radius 3 is 2.95 bits per heavy atom. The van der Waals surface area contributed by atoms with Crippen molar-refractivity contribution in [2.24, 2.45) is 5.10 Å². The maximum absolute atomic E-state index is 9.71. The molecule has 0 bridgehead atoms. The van der Waals surface area contributed by atoms with Crippen molar-refractivity contribution in [2.75, 3.05) is 5.43 Å². The molecule has 0 fully saturated rings. The molecule has 100 valence electrons. The fourth-order valence-corrected chi connectivity index (χ4v) is 2.67. The number of anilines is 1. The van der Waals surface area contributed by atoms with Crippen LogP contribution < -0.4 is 5.43 Å². The van der Waals surface area contributed by atoms with Crippen molar-refractivity contribution >= 4 is 32.9 Å². The van der Waals surface area contributed by atoms with E-state index in [1.165, 1.54) is 0 Å². The molecule has 0 saturated heterocycles. The summed E-state index contributed by atoms with van der Waals surface area (Å²) in [6, 6.07) is 13.3. The summed E-state index contributed by atoms with van der Waals surface area (Å²) in [5.41, 5.74) is 5.60. The number of para-hydroxylation sites is 1. The number of hydrogen-bond donors (Lipinski definition) is 2. The zero-order valence-corrected chi connectivity index (χ0v) is 11.7. The Balaban J connectivity index is 1.78. The minimum Gasteiger partial charge on any atom is -0.507 e. The summed E-state index contributed by atoms with van der Waals surface area (Å²) in [5, 5.41) is 14.6. The van der Waals surface area contributed by atoms with Gasteiger partial charge in [0, 0.05) is 5.56 Å². The summed E-state index contributed by atoms with van der Waals surface area (Å²) in [5.74, 6) is 0.213. The normalized spacial score (nSPS) is 11.2. The predicted octanol–water partition coefficient (Wildman–Crippen LogP) is 3.76. The highest BCUT2D eigenvalue weighted by molar-refractivity contribution is 7.22. The van der Waals surface area contributed by atoms with Crippen LogP contribution >= 0.6 is 11.3 Å². The molecule has 2 N–H and O–H groups in total. The van der Waals surface area contributed by atoms with Gasteiger partial charge in [-0.2, -0.15) is 5.10 Å². The molecule has 0 radical (unpaired) electrons. The second-order valence-electron chi connectivity index (χ2n) is 4.42. The number of aromatic hydroxyl groups is 1. The second-order valence-corrected chi connectivity index (χ2v) is 5.45. The van der Waals surface area contributed by atoms with E-state index in [0.717, 1.165) is 20.9 Å². The molecule has 0 aliphatic rings. The highest BCUT2D eigenvalue weighted by atomic mass is 32.1. The highest BCUT2D eigenvalue weighted by Crippen LogP contribution is 2.25. The molecule has 3 rings (SSSR count). The zero-order chi connectivity index (χ0) is 13.9. The van der Waals surface area contributed by atoms with Crippen LogP contribution in [0.15, 0.2) is 47.6 Å². The molecule has 20 heavy (non-hydrogen) atoms. The molecule has 2 aromatic carbocycles. The molecule has 0 saturated carbocycles. The first-order valence-corrected chi connectivity index (χ1v) is 6.98. The lowest BCUT2D eigenvalue weighted by Gasteiger charge is -1.99. The van der Waals surface area contributed by atoms with Gasteiger partial charge in [0.1, 0.15) is 5.75 Å². The van der Waals surface area contributed by atoms with Gasteiger partial charge in [0.25, 0.3) is 0 Å². The van der Waals surface area contributed by atoms with Gasteiger partial charge in [-0.15, -0.1) is 0 Å². The Kier molecular flexibility index (Phi) is 3.35. The summed E-state index contributed by atoms with van der Waals surface area (Å²) in [4.78, 5) is 4.42. The number of rotatable bonds is 3. The van der Waals surface area contributed by atoms with Crippen molar-refractivity contribution < 1.29 is 5.11 Å². The largest absolute Gasteiger partial charge is 0.507 e. The van der Waals surface area contributed by atoms with Crippen LogP contribution in [0, 0.1) is 6.92 Å². The molecule has 1 heterocycles. The molecule has 5 heteroatoms. The number of benzene rings is 2. The topological polar surface area (TPSA) is 57.5 Å². The fourth-order valence-electron chi connectivity index (χ4n) is 1.85. The van der Waals surface area contributed by atoms with E-state index in [1.807, 2.05) is 43.3 Å². The lowest BCUT2D eigenvalue weighted by Crippen LogP contribution is -1.90. The number of thiazole rings is 1. The van der Waals surface area contributed by atoms with Crippen LogP contribution in [0.4, 0.5) is 5.13 Å². The smallest absolute Gasteiger partial charge is 0.204 e. The second kappa shape index (κ2) is 5.30. The molecule has 0 aliphatic heterocycles. The summed E-state index contributed by atoms with van der Waals surface area (Å²) in [6.07, 6.45) is 1.59. The van der Waals surface area contributed by atoms with Crippen LogP contribution in [0.5, 0.6) is 5.75 Å². The van der Waals surface area contributed by atoms with Crippen LogP contribution in [0.3, 0.4) is 0 Å². The van der Waals surface area contributed by atoms with Crippen molar-refractivity contribution in [3.8, 4) is 5.75 Å². The van der Waals surface area contributed by atoms with E-state index in [4.69, 9.17) is 0 Å². The van der Waals surface area contributed by atoms with Gasteiger partial charge in [0.2, 0.25) is 5.13 Å². The first-order valence-electron chi connectivity index (χ1n) is 6.16. The van der Waals surface area contributed by atoms with Gasteiger partial charge in [-0.25, -0.2) is 4.98 Å². The lowest BCUT2D eigenvalue weighted by molar-refractivity contribution is 0.474. The minimum atomic E-state index is 0.213. The third-order valence-corrected chi connectivity index (χ3v) is 3.78. The molecule has 3 aromatic rings. The third-order valence-electron chi connectivity index (χ3n) is 2.84. The van der Waals surface area contributed by atoms with Gasteiger partial charge in [0.05, 0.1) is 16.4 Å². The van der Waals surface area contributed by atoms with Crippen LogP contribution in [-0.2, 0) is 0 Å². The van der Waals surface area contributed by atoms with Crippen molar-refractivity contribution in [1.82, 2.24) is 4.98 Å². The van der Waals surface area contributed by atoms with Gasteiger partial charge in [-0.3, -0.25) is 5.43 Å². The Labute approximate surface area is 120 Å². The van der Waals surface area contributed by atoms with E-state index in [2.05, 4.69) is 15.5 Å². The number of phenolic OH excluding ortho intramolecular Hbond substituents is 1. The fraction of sp³-hybridized carbons (Fsp3) is 0.0667. The Morgan fingerprint density at radius 1 is 1.25 bits per heavy atom. The molecule has 0 atom stereocenters. The van der Waals surface area contributed by atoms with Gasteiger partial charge in [0.15, 0.2) is 0 Å². The molecule has 1 aromatic heterocycles. The number of aryl methyl sites for hydroxylation is 1. The number of nitrogens with one attached hydrogen (secondary N) is 1. The number of hydrogen-bond acceptors (Lipinski definition) is 5. The number of fused-ring (bicyclic) bond motifs is 1. The summed E-state index contributed by atoms with van der Waals surface area (Å²) in [6.45, 7) is 1.97. The number of phenols is 1. The lowest BCUT2D eigenvalue weighted by atomic mass is 10.1. The van der Waals surface area contributed by atoms with Crippen molar-refractivity contribution in [2.45, 2.75) is 6.92 Å². The van der Waals surface area contributed by atoms with Gasteiger partial charge in [-0.1, -0.05) is 35.1 Å². The minimum absolute atomic E-state index is 0.213. The molecule has 4 nitrogen and oxygen atoms in total. The van der Waals surface area contributed by atoms with Gasteiger partial charge < -0.3 is 5.11 Å². The Morgan fingerprint density at radius 2 is 2.10 bits per heavy atom. The quantitative estimate of drug-likeness (QED) is 0.568.